The summed E-state index contributed by atoms with van der Waals surface area (Å²) in [4.78, 5) is 0.282. The van der Waals surface area contributed by atoms with Gasteiger partial charge in [-0.2, -0.15) is 9.40 Å². The summed E-state index contributed by atoms with van der Waals surface area (Å²) >= 11 is 0. The molecule has 0 radical (unpaired) electrons. The van der Waals surface area contributed by atoms with Crippen LogP contribution in [0.3, 0.4) is 0 Å². The molecule has 6 nitrogen and oxygen atoms in total. The Kier molecular flexibility index (Phi) is 7.34. The molecule has 0 fully saturated rings. The van der Waals surface area contributed by atoms with Gasteiger partial charge in [0.05, 0.1) is 12.7 Å². The van der Waals surface area contributed by atoms with Gasteiger partial charge >= 0.3 is 0 Å². The topological polar surface area (TPSA) is 67.2 Å². The lowest BCUT2D eigenvalue weighted by Gasteiger charge is -2.18. The molecule has 0 aliphatic heterocycles. The largest absolute Gasteiger partial charge is 0.313 e. The van der Waals surface area contributed by atoms with Gasteiger partial charge < -0.3 is 5.32 Å². The van der Waals surface area contributed by atoms with Crippen molar-refractivity contribution in [2.75, 3.05) is 19.6 Å². The minimum atomic E-state index is -3.41. The molecule has 0 aliphatic carbocycles. The molecule has 0 amide bonds. The zero-order valence-corrected chi connectivity index (χ0v) is 14.4. The molecule has 1 heterocycles. The minimum Gasteiger partial charge on any atom is -0.313 e. The first-order chi connectivity index (χ1) is 9.91. The van der Waals surface area contributed by atoms with Gasteiger partial charge in [-0.3, -0.25) is 4.68 Å². The van der Waals surface area contributed by atoms with Gasteiger partial charge in [-0.25, -0.2) is 8.42 Å². The molecule has 1 aromatic heterocycles. The number of unbranched alkanes of at least 4 members (excludes halogenated alkanes) is 1. The SMILES string of the molecule is CCCCN(CC)S(=O)(=O)c1cnn(CCNC(C)C)c1. The van der Waals surface area contributed by atoms with Crippen LogP contribution in [0.15, 0.2) is 17.3 Å². The maximum atomic E-state index is 12.5. The maximum absolute atomic E-state index is 12.5. The highest BCUT2D eigenvalue weighted by molar-refractivity contribution is 7.89. The first kappa shape index (κ1) is 18.1. The van der Waals surface area contributed by atoms with Crippen LogP contribution in [0.2, 0.25) is 0 Å². The third kappa shape index (κ3) is 5.41. The van der Waals surface area contributed by atoms with Crippen LogP contribution < -0.4 is 5.32 Å². The van der Waals surface area contributed by atoms with Crippen molar-refractivity contribution < 1.29 is 8.42 Å². The highest BCUT2D eigenvalue weighted by Crippen LogP contribution is 2.15. The Hall–Kier alpha value is -0.920. The van der Waals surface area contributed by atoms with E-state index in [4.69, 9.17) is 0 Å². The van der Waals surface area contributed by atoms with Crippen LogP contribution in [0, 0.1) is 0 Å². The molecule has 0 aliphatic rings. The van der Waals surface area contributed by atoms with Crippen molar-refractivity contribution in [3.05, 3.63) is 12.4 Å². The summed E-state index contributed by atoms with van der Waals surface area (Å²) in [7, 11) is -3.41. The van der Waals surface area contributed by atoms with Crippen LogP contribution >= 0.6 is 0 Å². The van der Waals surface area contributed by atoms with Crippen molar-refractivity contribution in [2.24, 2.45) is 0 Å². The van der Waals surface area contributed by atoms with E-state index in [0.717, 1.165) is 19.4 Å². The first-order valence-corrected chi connectivity index (χ1v) is 9.11. The van der Waals surface area contributed by atoms with Crippen molar-refractivity contribution >= 4 is 10.0 Å². The summed E-state index contributed by atoms with van der Waals surface area (Å²) in [6, 6.07) is 0.411. The molecule has 0 atom stereocenters. The molecule has 0 spiro atoms. The van der Waals surface area contributed by atoms with Gasteiger partial charge in [0.2, 0.25) is 10.0 Å². The quantitative estimate of drug-likeness (QED) is 0.713. The number of hydrogen-bond donors (Lipinski definition) is 1. The highest BCUT2D eigenvalue weighted by Gasteiger charge is 2.24. The first-order valence-electron chi connectivity index (χ1n) is 7.67. The average molecular weight is 316 g/mol. The van der Waals surface area contributed by atoms with Crippen molar-refractivity contribution in [1.82, 2.24) is 19.4 Å². The van der Waals surface area contributed by atoms with Crippen molar-refractivity contribution in [3.63, 3.8) is 0 Å². The molecule has 7 heteroatoms. The lowest BCUT2D eigenvalue weighted by molar-refractivity contribution is 0.418. The summed E-state index contributed by atoms with van der Waals surface area (Å²) in [6.45, 7) is 10.6. The monoisotopic (exact) mass is 316 g/mol. The van der Waals surface area contributed by atoms with Crippen molar-refractivity contribution in [2.45, 2.75) is 58.0 Å². The molecular weight excluding hydrogens is 288 g/mol. The summed E-state index contributed by atoms with van der Waals surface area (Å²) in [6.07, 6.45) is 4.91. The molecule has 1 aromatic rings. The van der Waals surface area contributed by atoms with Gasteiger partial charge in [-0.05, 0) is 6.42 Å². The number of nitrogens with one attached hydrogen (secondary N) is 1. The predicted molar refractivity (Wildman–Crippen MR) is 84.7 cm³/mol. The number of hydrogen-bond acceptors (Lipinski definition) is 4. The third-order valence-corrected chi connectivity index (χ3v) is 5.18. The van der Waals surface area contributed by atoms with Gasteiger partial charge in [0.25, 0.3) is 0 Å². The Morgan fingerprint density at radius 2 is 2.10 bits per heavy atom. The molecule has 1 N–H and O–H groups in total. The van der Waals surface area contributed by atoms with Crippen molar-refractivity contribution in [3.8, 4) is 0 Å². The second-order valence-corrected chi connectivity index (χ2v) is 7.34. The zero-order valence-electron chi connectivity index (χ0n) is 13.5. The van der Waals surface area contributed by atoms with E-state index in [-0.39, 0.29) is 4.90 Å². The van der Waals surface area contributed by atoms with Crippen LogP contribution in [-0.2, 0) is 16.6 Å². The van der Waals surface area contributed by atoms with E-state index in [1.54, 1.807) is 10.9 Å². The number of aromatic nitrogens is 2. The highest BCUT2D eigenvalue weighted by atomic mass is 32.2. The number of sulfonamides is 1. The van der Waals surface area contributed by atoms with E-state index in [1.807, 2.05) is 6.92 Å². The number of rotatable bonds is 10. The van der Waals surface area contributed by atoms with E-state index in [2.05, 4.69) is 31.2 Å². The Balaban J connectivity index is 2.72. The summed E-state index contributed by atoms with van der Waals surface area (Å²) in [5.41, 5.74) is 0. The van der Waals surface area contributed by atoms with Gasteiger partial charge in [0, 0.05) is 31.9 Å². The normalized spacial score (nSPS) is 12.5. The lowest BCUT2D eigenvalue weighted by atomic mass is 10.3. The van der Waals surface area contributed by atoms with Gasteiger partial charge in [0.15, 0.2) is 0 Å². The second kappa shape index (κ2) is 8.51. The summed E-state index contributed by atoms with van der Waals surface area (Å²) < 4.78 is 28.2. The smallest absolute Gasteiger partial charge is 0.246 e. The Morgan fingerprint density at radius 1 is 1.38 bits per heavy atom. The van der Waals surface area contributed by atoms with Crippen LogP contribution in [0.4, 0.5) is 0 Å². The standard InChI is InChI=1S/C14H28N4O2S/c1-5-7-9-18(6-2)21(19,20)14-11-16-17(12-14)10-8-15-13(3)4/h11-13,15H,5-10H2,1-4H3. The molecule has 0 saturated carbocycles. The van der Waals surface area contributed by atoms with Crippen LogP contribution in [0.25, 0.3) is 0 Å². The van der Waals surface area contributed by atoms with Gasteiger partial charge in [0.1, 0.15) is 4.90 Å². The maximum Gasteiger partial charge on any atom is 0.246 e. The van der Waals surface area contributed by atoms with Crippen molar-refractivity contribution in [1.29, 1.82) is 0 Å². The molecule has 21 heavy (non-hydrogen) atoms. The Morgan fingerprint density at radius 3 is 2.67 bits per heavy atom. The van der Waals surface area contributed by atoms with Gasteiger partial charge in [-0.15, -0.1) is 0 Å². The predicted octanol–water partition coefficient (Wildman–Crippen LogP) is 1.69. The fourth-order valence-electron chi connectivity index (χ4n) is 2.00. The Labute approximate surface area is 128 Å². The van der Waals surface area contributed by atoms with Gasteiger partial charge in [-0.1, -0.05) is 34.1 Å². The lowest BCUT2D eigenvalue weighted by Crippen LogP contribution is -2.31. The Bertz CT molecular complexity index is 511. The summed E-state index contributed by atoms with van der Waals surface area (Å²) in [5.74, 6) is 0. The fraction of sp³-hybridized carbons (Fsp3) is 0.786. The van der Waals surface area contributed by atoms with E-state index in [1.165, 1.54) is 10.5 Å². The van der Waals surface area contributed by atoms with E-state index >= 15 is 0 Å². The molecular formula is C14H28N4O2S. The van der Waals surface area contributed by atoms with E-state index in [9.17, 15) is 8.42 Å². The van der Waals surface area contributed by atoms with Crippen LogP contribution in [0.5, 0.6) is 0 Å². The van der Waals surface area contributed by atoms with Crippen LogP contribution in [0.1, 0.15) is 40.5 Å². The molecule has 1 rings (SSSR count). The molecule has 0 aromatic carbocycles. The average Bonchev–Trinajstić information content (AvgIpc) is 2.88. The fourth-order valence-corrected chi connectivity index (χ4v) is 3.44. The molecule has 0 unspecified atom stereocenters. The third-order valence-electron chi connectivity index (χ3n) is 3.25. The summed E-state index contributed by atoms with van der Waals surface area (Å²) in [5, 5.41) is 7.43. The van der Waals surface area contributed by atoms with E-state index < -0.39 is 10.0 Å². The van der Waals surface area contributed by atoms with Crippen LogP contribution in [-0.4, -0.2) is 48.2 Å². The van der Waals surface area contributed by atoms with E-state index in [0.29, 0.717) is 25.7 Å². The molecule has 0 bridgehead atoms. The zero-order chi connectivity index (χ0) is 15.9. The molecule has 122 valence electrons. The molecule has 0 saturated heterocycles. The number of nitrogens with zero attached hydrogens (tertiary/aromatic N) is 3. The second-order valence-electron chi connectivity index (χ2n) is 5.40. The minimum absolute atomic E-state index is 0.282.